The van der Waals surface area contributed by atoms with E-state index in [1.165, 1.54) is 19.0 Å². The third-order valence-electron chi connectivity index (χ3n) is 7.95. The maximum atomic E-state index is 14.0. The van der Waals surface area contributed by atoms with E-state index in [0.29, 0.717) is 23.4 Å². The van der Waals surface area contributed by atoms with Gasteiger partial charge in [-0.25, -0.2) is 0 Å². The number of ether oxygens (including phenoxy) is 1. The maximum absolute atomic E-state index is 14.0. The molecular formula is C27H35N3O9. The van der Waals surface area contributed by atoms with Crippen LogP contribution in [0.3, 0.4) is 0 Å². The van der Waals surface area contributed by atoms with Crippen molar-refractivity contribution in [2.45, 2.75) is 44.1 Å². The minimum atomic E-state index is -2.94. The largest absolute Gasteiger partial charge is 0.510 e. The van der Waals surface area contributed by atoms with E-state index in [2.05, 4.69) is 0 Å². The summed E-state index contributed by atoms with van der Waals surface area (Å²) in [7, 11) is 6.49. The van der Waals surface area contributed by atoms with E-state index in [1.807, 2.05) is 6.92 Å². The molecule has 0 spiro atoms. The predicted octanol–water partition coefficient (Wildman–Crippen LogP) is 0.0840. The number of aliphatic hydroxyl groups excluding tert-OH is 3. The Hall–Kier alpha value is -3.45. The number of Topliss-reactive ketones (excluding diaryl/α,β-unsaturated/α-hetero) is 2. The molecule has 0 radical (unpaired) electrons. The molecule has 0 bridgehead atoms. The summed E-state index contributed by atoms with van der Waals surface area (Å²) in [5, 5.41) is 56.8. The lowest BCUT2D eigenvalue weighted by Crippen LogP contribution is -2.68. The summed E-state index contributed by atoms with van der Waals surface area (Å²) in [5.41, 5.74) is 2.22. The van der Waals surface area contributed by atoms with Gasteiger partial charge in [0.05, 0.1) is 30.2 Å². The average molecular weight is 546 g/mol. The first-order valence-corrected chi connectivity index (χ1v) is 12.7. The SMILES string of the molecule is CCCOCc1cc(N(C)C)c2c(c1O)C(=O)C1=C(O)[C@]3(O)C(=O)C(C(N)=O)=C(O)[C@@H](N(C)C)[C@@H]3[C@@H](O)[C@@H]1C2. The van der Waals surface area contributed by atoms with Crippen molar-refractivity contribution in [3.05, 3.63) is 45.4 Å². The number of hydrogen-bond acceptors (Lipinski definition) is 11. The number of ketones is 2. The number of primary amides is 1. The van der Waals surface area contributed by atoms with Gasteiger partial charge in [-0.3, -0.25) is 19.3 Å². The van der Waals surface area contributed by atoms with E-state index in [4.69, 9.17) is 10.5 Å². The van der Waals surface area contributed by atoms with Crippen LogP contribution in [0.2, 0.25) is 0 Å². The quantitative estimate of drug-likeness (QED) is 0.201. The van der Waals surface area contributed by atoms with Crippen LogP contribution in [0.15, 0.2) is 28.7 Å². The molecule has 0 unspecified atom stereocenters. The molecule has 7 N–H and O–H groups in total. The van der Waals surface area contributed by atoms with Crippen molar-refractivity contribution in [3.8, 4) is 5.75 Å². The number of benzene rings is 1. The second kappa shape index (κ2) is 9.94. The van der Waals surface area contributed by atoms with Crippen molar-refractivity contribution in [2.24, 2.45) is 17.6 Å². The summed E-state index contributed by atoms with van der Waals surface area (Å²) in [6.07, 6.45) is -0.923. The fourth-order valence-electron chi connectivity index (χ4n) is 6.20. The number of likely N-dealkylation sites (N-methyl/N-ethyl adjacent to an activating group) is 1. The molecule has 3 aliphatic rings. The third-order valence-corrected chi connectivity index (χ3v) is 7.95. The van der Waals surface area contributed by atoms with Crippen LogP contribution in [-0.4, -0.2) is 100 Å². The molecule has 0 aliphatic heterocycles. The van der Waals surface area contributed by atoms with Crippen LogP contribution in [0.5, 0.6) is 5.75 Å². The second-order valence-electron chi connectivity index (χ2n) is 10.8. The molecule has 1 aromatic rings. The molecule has 12 heteroatoms. The number of fused-ring (bicyclic) bond motifs is 3. The summed E-state index contributed by atoms with van der Waals surface area (Å²) in [6.45, 7) is 2.36. The Kier molecular flexibility index (Phi) is 7.28. The molecule has 212 valence electrons. The minimum absolute atomic E-state index is 0.0131. The first-order valence-electron chi connectivity index (χ1n) is 12.7. The highest BCUT2D eigenvalue weighted by atomic mass is 16.5. The molecule has 12 nitrogen and oxygen atoms in total. The van der Waals surface area contributed by atoms with Crippen molar-refractivity contribution in [3.63, 3.8) is 0 Å². The number of phenolic OH excluding ortho intramolecular Hbond substituents is 1. The molecule has 0 fully saturated rings. The molecule has 0 saturated heterocycles. The Bertz CT molecular complexity index is 1320. The van der Waals surface area contributed by atoms with Crippen LogP contribution >= 0.6 is 0 Å². The van der Waals surface area contributed by atoms with Gasteiger partial charge in [0.1, 0.15) is 22.8 Å². The zero-order chi connectivity index (χ0) is 29.1. The molecule has 1 amide bonds. The number of carbonyl (C=O) groups is 3. The van der Waals surface area contributed by atoms with Gasteiger partial charge in [-0.1, -0.05) is 6.92 Å². The predicted molar refractivity (Wildman–Crippen MR) is 139 cm³/mol. The van der Waals surface area contributed by atoms with E-state index in [9.17, 15) is 39.9 Å². The molecule has 0 aromatic heterocycles. The maximum Gasteiger partial charge on any atom is 0.255 e. The van der Waals surface area contributed by atoms with Crippen LogP contribution in [0.25, 0.3) is 0 Å². The monoisotopic (exact) mass is 545 g/mol. The fraction of sp³-hybridized carbons (Fsp3) is 0.519. The van der Waals surface area contributed by atoms with Gasteiger partial charge in [-0.15, -0.1) is 0 Å². The smallest absolute Gasteiger partial charge is 0.255 e. The van der Waals surface area contributed by atoms with Crippen molar-refractivity contribution >= 4 is 23.2 Å². The molecule has 3 aliphatic carbocycles. The lowest BCUT2D eigenvalue weighted by molar-refractivity contribution is -0.161. The topological polar surface area (TPSA) is 194 Å². The second-order valence-corrected chi connectivity index (χ2v) is 10.8. The van der Waals surface area contributed by atoms with E-state index in [0.717, 1.165) is 6.42 Å². The number of hydrogen-bond donors (Lipinski definition) is 6. The average Bonchev–Trinajstić information content (AvgIpc) is 2.84. The lowest BCUT2D eigenvalue weighted by atomic mass is 9.57. The Morgan fingerprint density at radius 2 is 1.82 bits per heavy atom. The Balaban J connectivity index is 1.98. The summed E-state index contributed by atoms with van der Waals surface area (Å²) in [6, 6.07) is 0.391. The summed E-state index contributed by atoms with van der Waals surface area (Å²) in [5.74, 6) is -8.44. The fourth-order valence-corrected chi connectivity index (χ4v) is 6.20. The number of aromatic hydroxyl groups is 1. The van der Waals surface area contributed by atoms with Crippen molar-refractivity contribution in [1.82, 2.24) is 4.90 Å². The van der Waals surface area contributed by atoms with E-state index >= 15 is 0 Å². The van der Waals surface area contributed by atoms with E-state index in [1.54, 1.807) is 25.1 Å². The summed E-state index contributed by atoms with van der Waals surface area (Å²) in [4.78, 5) is 42.6. The van der Waals surface area contributed by atoms with Gasteiger partial charge >= 0.3 is 0 Å². The molecule has 4 rings (SSSR count). The molecule has 0 heterocycles. The van der Waals surface area contributed by atoms with Gasteiger partial charge in [0.2, 0.25) is 5.78 Å². The number of phenols is 1. The lowest BCUT2D eigenvalue weighted by Gasteiger charge is -2.52. The summed E-state index contributed by atoms with van der Waals surface area (Å²) < 4.78 is 5.58. The van der Waals surface area contributed by atoms with Gasteiger partial charge < -0.3 is 40.9 Å². The van der Waals surface area contributed by atoms with Crippen LogP contribution in [0.1, 0.15) is 34.8 Å². The normalized spacial score (nSPS) is 28.4. The zero-order valence-electron chi connectivity index (χ0n) is 22.6. The Morgan fingerprint density at radius 3 is 2.36 bits per heavy atom. The highest BCUT2D eigenvalue weighted by Crippen LogP contribution is 2.53. The van der Waals surface area contributed by atoms with Crippen LogP contribution in [0.4, 0.5) is 5.69 Å². The van der Waals surface area contributed by atoms with Gasteiger partial charge in [0, 0.05) is 43.4 Å². The van der Waals surface area contributed by atoms with Gasteiger partial charge in [0.15, 0.2) is 11.4 Å². The minimum Gasteiger partial charge on any atom is -0.510 e. The summed E-state index contributed by atoms with van der Waals surface area (Å²) >= 11 is 0. The number of amides is 1. The molecule has 5 atom stereocenters. The third kappa shape index (κ3) is 4.01. The highest BCUT2D eigenvalue weighted by Gasteiger charge is 2.66. The number of nitrogens with zero attached hydrogens (tertiary/aromatic N) is 2. The highest BCUT2D eigenvalue weighted by molar-refractivity contribution is 6.25. The Morgan fingerprint density at radius 1 is 1.18 bits per heavy atom. The number of anilines is 1. The zero-order valence-corrected chi connectivity index (χ0v) is 22.6. The van der Waals surface area contributed by atoms with Crippen LogP contribution in [0, 0.1) is 11.8 Å². The van der Waals surface area contributed by atoms with Gasteiger partial charge in [-0.05, 0) is 38.6 Å². The van der Waals surface area contributed by atoms with E-state index in [-0.39, 0.29) is 24.3 Å². The van der Waals surface area contributed by atoms with E-state index < -0.39 is 69.7 Å². The van der Waals surface area contributed by atoms with Crippen molar-refractivity contribution in [2.75, 3.05) is 39.7 Å². The Labute approximate surface area is 225 Å². The van der Waals surface area contributed by atoms with Crippen LogP contribution in [-0.2, 0) is 27.4 Å². The standard InChI is InChI=1S/C27H35N3O9/c1-6-7-39-10-11-8-14(29(2)3)12-9-13-16(22(33)15(12)20(11)31)24(35)27(38)18(21(13)32)19(30(4)5)23(34)17(25(27)36)26(28)37/h8,13,18-19,21,31-32,34-35,38H,6-7,9-10H2,1-5H3,(H2,28,37)/t13-,18-,19+,21+,27+/m1/s1. The number of nitrogens with two attached hydrogens (primary N) is 1. The van der Waals surface area contributed by atoms with Crippen LogP contribution < -0.4 is 10.6 Å². The van der Waals surface area contributed by atoms with Crippen molar-refractivity contribution in [1.29, 1.82) is 0 Å². The van der Waals surface area contributed by atoms with Gasteiger partial charge in [-0.2, -0.15) is 0 Å². The number of aliphatic hydroxyl groups is 4. The number of rotatable bonds is 7. The molecule has 39 heavy (non-hydrogen) atoms. The first-order chi connectivity index (χ1) is 18.2. The first kappa shape index (κ1) is 28.6. The molecule has 0 saturated carbocycles. The molecule has 1 aromatic carbocycles. The molecular weight excluding hydrogens is 510 g/mol. The number of carbonyl (C=O) groups excluding carboxylic acids is 3. The van der Waals surface area contributed by atoms with Crippen molar-refractivity contribution < 1.29 is 44.7 Å². The van der Waals surface area contributed by atoms with Gasteiger partial charge in [0.25, 0.3) is 5.91 Å².